The molecule has 0 aromatic heterocycles. The monoisotopic (exact) mass is 211 g/mol. The third-order valence-electron chi connectivity index (χ3n) is 1.40. The van der Waals surface area contributed by atoms with Gasteiger partial charge in [0.2, 0.25) is 0 Å². The summed E-state index contributed by atoms with van der Waals surface area (Å²) in [7, 11) is 0. The van der Waals surface area contributed by atoms with E-state index in [1.54, 1.807) is 0 Å². The number of allylic oxidation sites excluding steroid dienone is 1. The molecule has 0 spiro atoms. The first-order valence-corrected chi connectivity index (χ1v) is 3.48. The summed E-state index contributed by atoms with van der Waals surface area (Å²) in [5.74, 6) is -1.50. The second kappa shape index (κ2) is 3.79. The Morgan fingerprint density at radius 3 is 2.50 bits per heavy atom. The van der Waals surface area contributed by atoms with Crippen LogP contribution in [-0.2, 0) is 9.53 Å². The number of ether oxygens (including phenoxy) is 1. The SMILES string of the molecule is O=C1C=C(OC(F)(F)F)C=CC1NF. The molecule has 1 N–H and O–H groups in total. The molecular weight excluding hydrogens is 206 g/mol. The summed E-state index contributed by atoms with van der Waals surface area (Å²) in [5.41, 5.74) is 1.12. The predicted molar refractivity (Wildman–Crippen MR) is 37.4 cm³/mol. The Morgan fingerprint density at radius 1 is 1.43 bits per heavy atom. The lowest BCUT2D eigenvalue weighted by Gasteiger charge is -2.14. The van der Waals surface area contributed by atoms with Crippen LogP contribution in [0.1, 0.15) is 0 Å². The summed E-state index contributed by atoms with van der Waals surface area (Å²) in [5, 5.41) is 0. The van der Waals surface area contributed by atoms with Gasteiger partial charge in [0, 0.05) is 6.08 Å². The zero-order chi connectivity index (χ0) is 10.8. The number of carbonyl (C=O) groups excluding carboxylic acids is 1. The Balaban J connectivity index is 2.68. The van der Waals surface area contributed by atoms with Crippen LogP contribution < -0.4 is 5.54 Å². The number of hydrogen-bond acceptors (Lipinski definition) is 3. The summed E-state index contributed by atoms with van der Waals surface area (Å²) < 4.78 is 50.2. The van der Waals surface area contributed by atoms with Crippen LogP contribution in [0.4, 0.5) is 17.7 Å². The molecule has 0 saturated carbocycles. The lowest BCUT2D eigenvalue weighted by molar-refractivity contribution is -0.303. The molecule has 0 fully saturated rings. The van der Waals surface area contributed by atoms with E-state index in [4.69, 9.17) is 0 Å². The molecule has 0 radical (unpaired) electrons. The number of nitrogens with one attached hydrogen (secondary N) is 1. The molecule has 0 aromatic rings. The van der Waals surface area contributed by atoms with Crippen molar-refractivity contribution in [3.05, 3.63) is 24.0 Å². The van der Waals surface area contributed by atoms with Crippen LogP contribution in [0.3, 0.4) is 0 Å². The highest BCUT2D eigenvalue weighted by molar-refractivity contribution is 5.97. The molecule has 1 aliphatic carbocycles. The van der Waals surface area contributed by atoms with Crippen molar-refractivity contribution in [2.75, 3.05) is 0 Å². The average Bonchev–Trinajstić information content (AvgIpc) is 2.01. The Kier molecular flexibility index (Phi) is 2.90. The number of alkyl halides is 3. The Hall–Kier alpha value is -1.37. The number of ketones is 1. The molecular formula is C7H5F4NO2. The number of carbonyl (C=O) groups is 1. The van der Waals surface area contributed by atoms with E-state index in [9.17, 15) is 22.4 Å². The summed E-state index contributed by atoms with van der Waals surface area (Å²) in [6, 6.07) is -1.24. The molecule has 0 saturated heterocycles. The highest BCUT2D eigenvalue weighted by Crippen LogP contribution is 2.22. The van der Waals surface area contributed by atoms with Crippen molar-refractivity contribution in [2.24, 2.45) is 0 Å². The molecule has 1 aliphatic rings. The number of halogens is 4. The van der Waals surface area contributed by atoms with Gasteiger partial charge in [0.15, 0.2) is 5.78 Å². The van der Waals surface area contributed by atoms with E-state index in [0.29, 0.717) is 6.08 Å². The Morgan fingerprint density at radius 2 is 2.07 bits per heavy atom. The molecule has 78 valence electrons. The lowest BCUT2D eigenvalue weighted by atomic mass is 10.1. The zero-order valence-corrected chi connectivity index (χ0v) is 6.64. The van der Waals surface area contributed by atoms with Gasteiger partial charge in [0.05, 0.1) is 0 Å². The third kappa shape index (κ3) is 2.84. The molecule has 0 aromatic carbocycles. The fraction of sp³-hybridized carbons (Fsp3) is 0.286. The minimum Gasteiger partial charge on any atom is -0.406 e. The molecule has 1 rings (SSSR count). The van der Waals surface area contributed by atoms with E-state index in [1.807, 2.05) is 0 Å². The molecule has 0 heterocycles. The summed E-state index contributed by atoms with van der Waals surface area (Å²) in [4.78, 5) is 10.8. The zero-order valence-electron chi connectivity index (χ0n) is 6.64. The molecule has 1 unspecified atom stereocenters. The second-order valence-corrected chi connectivity index (χ2v) is 2.44. The number of rotatable bonds is 2. The minimum atomic E-state index is -4.85. The van der Waals surface area contributed by atoms with Gasteiger partial charge in [0.25, 0.3) is 0 Å². The summed E-state index contributed by atoms with van der Waals surface area (Å²) in [6.07, 6.45) is -2.48. The standard InChI is InChI=1S/C7H5F4NO2/c8-7(9,10)14-4-1-2-5(12-11)6(13)3-4/h1-3,5,12H. The maximum Gasteiger partial charge on any atom is 0.573 e. The number of hydrogen-bond donors (Lipinski definition) is 1. The quantitative estimate of drug-likeness (QED) is 0.554. The molecule has 0 bridgehead atoms. The first kappa shape index (κ1) is 10.7. The molecule has 14 heavy (non-hydrogen) atoms. The van der Waals surface area contributed by atoms with Crippen LogP contribution >= 0.6 is 0 Å². The van der Waals surface area contributed by atoms with Gasteiger partial charge >= 0.3 is 6.36 Å². The van der Waals surface area contributed by atoms with Crippen LogP contribution in [0.15, 0.2) is 24.0 Å². The topological polar surface area (TPSA) is 38.3 Å². The molecule has 0 aliphatic heterocycles. The van der Waals surface area contributed by atoms with Crippen LogP contribution in [0.25, 0.3) is 0 Å². The predicted octanol–water partition coefficient (Wildman–Crippen LogP) is 1.39. The van der Waals surface area contributed by atoms with Crippen molar-refractivity contribution in [1.29, 1.82) is 0 Å². The van der Waals surface area contributed by atoms with Gasteiger partial charge < -0.3 is 4.74 Å². The summed E-state index contributed by atoms with van der Waals surface area (Å²) >= 11 is 0. The van der Waals surface area contributed by atoms with Gasteiger partial charge in [-0.05, 0) is 6.08 Å². The van der Waals surface area contributed by atoms with Gasteiger partial charge in [0.1, 0.15) is 11.8 Å². The van der Waals surface area contributed by atoms with Crippen LogP contribution in [0.2, 0.25) is 0 Å². The van der Waals surface area contributed by atoms with Gasteiger partial charge in [-0.25, -0.2) is 0 Å². The van der Waals surface area contributed by atoms with Crippen molar-refractivity contribution in [3.8, 4) is 0 Å². The molecule has 1 atom stereocenters. The van der Waals surface area contributed by atoms with Crippen molar-refractivity contribution in [2.45, 2.75) is 12.4 Å². The normalized spacial score (nSPS) is 22.1. The Bertz CT molecular complexity index is 295. The van der Waals surface area contributed by atoms with Gasteiger partial charge in [-0.3, -0.25) is 4.79 Å². The largest absolute Gasteiger partial charge is 0.573 e. The van der Waals surface area contributed by atoms with E-state index >= 15 is 0 Å². The van der Waals surface area contributed by atoms with Crippen LogP contribution in [0.5, 0.6) is 0 Å². The fourth-order valence-corrected chi connectivity index (χ4v) is 0.851. The molecule has 3 nitrogen and oxygen atoms in total. The maximum absolute atomic E-state index is 11.8. The first-order valence-electron chi connectivity index (χ1n) is 3.48. The van der Waals surface area contributed by atoms with Crippen LogP contribution in [-0.4, -0.2) is 18.2 Å². The molecule has 0 amide bonds. The van der Waals surface area contributed by atoms with E-state index in [0.717, 1.165) is 17.7 Å². The smallest absolute Gasteiger partial charge is 0.406 e. The first-order chi connectivity index (χ1) is 6.42. The van der Waals surface area contributed by atoms with Crippen LogP contribution in [0, 0.1) is 0 Å². The minimum absolute atomic E-state index is 0.574. The van der Waals surface area contributed by atoms with E-state index in [2.05, 4.69) is 4.74 Å². The highest BCUT2D eigenvalue weighted by atomic mass is 19.4. The lowest BCUT2D eigenvalue weighted by Crippen LogP contribution is -2.30. The van der Waals surface area contributed by atoms with Crippen molar-refractivity contribution >= 4 is 5.78 Å². The average molecular weight is 211 g/mol. The van der Waals surface area contributed by atoms with Crippen molar-refractivity contribution in [1.82, 2.24) is 5.54 Å². The Labute approximate surface area is 76.0 Å². The maximum atomic E-state index is 11.8. The highest BCUT2D eigenvalue weighted by Gasteiger charge is 2.33. The van der Waals surface area contributed by atoms with E-state index in [-0.39, 0.29) is 0 Å². The summed E-state index contributed by atoms with van der Waals surface area (Å²) in [6.45, 7) is 0. The van der Waals surface area contributed by atoms with E-state index in [1.165, 1.54) is 0 Å². The van der Waals surface area contributed by atoms with Gasteiger partial charge in [-0.1, -0.05) is 6.08 Å². The third-order valence-corrected chi connectivity index (χ3v) is 1.40. The second-order valence-electron chi connectivity index (χ2n) is 2.44. The van der Waals surface area contributed by atoms with E-state index < -0.39 is 23.9 Å². The van der Waals surface area contributed by atoms with Crippen molar-refractivity contribution < 1.29 is 27.2 Å². The fourth-order valence-electron chi connectivity index (χ4n) is 0.851. The van der Waals surface area contributed by atoms with Gasteiger partial charge in [-0.15, -0.1) is 23.2 Å². The van der Waals surface area contributed by atoms with Gasteiger partial charge in [-0.2, -0.15) is 0 Å². The molecule has 7 heteroatoms. The van der Waals surface area contributed by atoms with Crippen molar-refractivity contribution in [3.63, 3.8) is 0 Å².